The van der Waals surface area contributed by atoms with Crippen molar-refractivity contribution in [1.82, 2.24) is 0 Å². The Morgan fingerprint density at radius 3 is 2.44 bits per heavy atom. The van der Waals surface area contributed by atoms with Gasteiger partial charge < -0.3 is 14.8 Å². The van der Waals surface area contributed by atoms with Crippen LogP contribution in [0, 0.1) is 10.1 Å². The Morgan fingerprint density at radius 1 is 1.39 bits per heavy atom. The Labute approximate surface area is 103 Å². The number of ether oxygens (including phenoxy) is 2. The van der Waals surface area contributed by atoms with E-state index in [9.17, 15) is 14.9 Å². The van der Waals surface area contributed by atoms with Gasteiger partial charge in [-0.3, -0.25) is 14.9 Å². The minimum atomic E-state index is -0.609. The Hall–Kier alpha value is -2.57. The van der Waals surface area contributed by atoms with Crippen molar-refractivity contribution in [1.29, 1.82) is 0 Å². The zero-order valence-electron chi connectivity index (χ0n) is 9.93. The number of hydrogen-bond donors (Lipinski definition) is 1. The molecule has 1 N–H and O–H groups in total. The van der Waals surface area contributed by atoms with Crippen molar-refractivity contribution in [2.45, 2.75) is 0 Å². The number of nitrogens with zero attached hydrogens (tertiary/aromatic N) is 1. The molecule has 0 aliphatic heterocycles. The van der Waals surface area contributed by atoms with E-state index in [-0.39, 0.29) is 22.9 Å². The summed E-state index contributed by atoms with van der Waals surface area (Å²) in [6, 6.07) is 2.50. The largest absolute Gasteiger partial charge is 0.494 e. The normalized spacial score (nSPS) is 9.44. The number of rotatable bonds is 5. The molecule has 7 heteroatoms. The highest BCUT2D eigenvalue weighted by atomic mass is 16.6. The van der Waals surface area contributed by atoms with Crippen LogP contribution in [0.5, 0.6) is 11.5 Å². The molecule has 1 aromatic rings. The second kappa shape index (κ2) is 5.67. The third kappa shape index (κ3) is 2.76. The number of hydrogen-bond acceptors (Lipinski definition) is 5. The van der Waals surface area contributed by atoms with Crippen LogP contribution in [0.3, 0.4) is 0 Å². The minimum absolute atomic E-state index is 0.0495. The molecule has 0 saturated heterocycles. The third-order valence-electron chi connectivity index (χ3n) is 2.14. The van der Waals surface area contributed by atoms with Crippen LogP contribution in [0.1, 0.15) is 0 Å². The van der Waals surface area contributed by atoms with Gasteiger partial charge in [-0.05, 0) is 6.08 Å². The molecule has 0 spiro atoms. The monoisotopic (exact) mass is 252 g/mol. The first-order valence-electron chi connectivity index (χ1n) is 4.87. The van der Waals surface area contributed by atoms with Gasteiger partial charge in [0.05, 0.1) is 24.8 Å². The van der Waals surface area contributed by atoms with Crippen LogP contribution in [0.25, 0.3) is 0 Å². The van der Waals surface area contributed by atoms with E-state index < -0.39 is 10.8 Å². The Morgan fingerprint density at radius 2 is 2.00 bits per heavy atom. The fourth-order valence-electron chi connectivity index (χ4n) is 1.31. The average molecular weight is 252 g/mol. The summed E-state index contributed by atoms with van der Waals surface area (Å²) < 4.78 is 9.90. The molecule has 0 radical (unpaired) electrons. The lowest BCUT2D eigenvalue weighted by molar-refractivity contribution is -0.385. The van der Waals surface area contributed by atoms with Gasteiger partial charge in [-0.2, -0.15) is 0 Å². The Balaban J connectivity index is 3.31. The highest BCUT2D eigenvalue weighted by Gasteiger charge is 2.20. The molecule has 1 amide bonds. The molecule has 7 nitrogen and oxygen atoms in total. The average Bonchev–Trinajstić information content (AvgIpc) is 2.37. The summed E-state index contributed by atoms with van der Waals surface area (Å²) in [7, 11) is 2.69. The zero-order chi connectivity index (χ0) is 13.7. The maximum atomic E-state index is 11.2. The second-order valence-electron chi connectivity index (χ2n) is 3.17. The molecule has 18 heavy (non-hydrogen) atoms. The number of benzene rings is 1. The topological polar surface area (TPSA) is 90.7 Å². The van der Waals surface area contributed by atoms with Crippen LogP contribution in [-0.2, 0) is 4.79 Å². The fourth-order valence-corrected chi connectivity index (χ4v) is 1.31. The standard InChI is InChI=1S/C11H12N2O5/c1-4-11(14)12-7-5-8(13(15)16)10(18-3)6-9(7)17-2/h4-6H,1H2,2-3H3,(H,12,14). The van der Waals surface area contributed by atoms with Gasteiger partial charge in [0.15, 0.2) is 0 Å². The lowest BCUT2D eigenvalue weighted by Crippen LogP contribution is -2.09. The number of amides is 1. The van der Waals surface area contributed by atoms with Crippen molar-refractivity contribution in [3.8, 4) is 11.5 Å². The maximum Gasteiger partial charge on any atom is 0.313 e. The third-order valence-corrected chi connectivity index (χ3v) is 2.14. The summed E-state index contributed by atoms with van der Waals surface area (Å²) in [5, 5.41) is 13.3. The highest BCUT2D eigenvalue weighted by Crippen LogP contribution is 2.37. The summed E-state index contributed by atoms with van der Waals surface area (Å²) in [5.74, 6) is -0.186. The number of carbonyl (C=O) groups is 1. The lowest BCUT2D eigenvalue weighted by Gasteiger charge is -2.10. The van der Waals surface area contributed by atoms with E-state index in [0.29, 0.717) is 0 Å². The first kappa shape index (κ1) is 13.5. The molecular weight excluding hydrogens is 240 g/mol. The molecule has 0 bridgehead atoms. The summed E-state index contributed by atoms with van der Waals surface area (Å²) in [6.07, 6.45) is 1.05. The van der Waals surface area contributed by atoms with E-state index in [0.717, 1.165) is 6.08 Å². The van der Waals surface area contributed by atoms with Gasteiger partial charge in [0.1, 0.15) is 5.75 Å². The zero-order valence-corrected chi connectivity index (χ0v) is 9.93. The molecule has 0 fully saturated rings. The molecule has 1 aromatic carbocycles. The number of carbonyl (C=O) groups excluding carboxylic acids is 1. The van der Waals surface area contributed by atoms with E-state index in [4.69, 9.17) is 9.47 Å². The summed E-state index contributed by atoms with van der Waals surface area (Å²) >= 11 is 0. The maximum absolute atomic E-state index is 11.2. The predicted molar refractivity (Wildman–Crippen MR) is 65.0 cm³/mol. The Kier molecular flexibility index (Phi) is 4.25. The molecule has 0 saturated carbocycles. The molecule has 0 aromatic heterocycles. The summed E-state index contributed by atoms with van der Waals surface area (Å²) in [4.78, 5) is 21.4. The second-order valence-corrected chi connectivity index (χ2v) is 3.17. The molecule has 1 rings (SSSR count). The smallest absolute Gasteiger partial charge is 0.313 e. The van der Waals surface area contributed by atoms with Crippen LogP contribution >= 0.6 is 0 Å². The highest BCUT2D eigenvalue weighted by molar-refractivity contribution is 6.00. The molecule has 0 aliphatic rings. The molecule has 0 atom stereocenters. The van der Waals surface area contributed by atoms with Crippen LogP contribution in [0.2, 0.25) is 0 Å². The van der Waals surface area contributed by atoms with Gasteiger partial charge >= 0.3 is 5.69 Å². The number of anilines is 1. The number of nitro groups is 1. The van der Waals surface area contributed by atoms with E-state index in [1.54, 1.807) is 0 Å². The van der Waals surface area contributed by atoms with Gasteiger partial charge in [0, 0.05) is 12.1 Å². The minimum Gasteiger partial charge on any atom is -0.494 e. The van der Waals surface area contributed by atoms with Gasteiger partial charge in [-0.25, -0.2) is 0 Å². The molecule has 0 unspecified atom stereocenters. The number of nitro benzene ring substituents is 1. The van der Waals surface area contributed by atoms with Crippen molar-refractivity contribution in [3.63, 3.8) is 0 Å². The lowest BCUT2D eigenvalue weighted by atomic mass is 10.2. The van der Waals surface area contributed by atoms with Crippen molar-refractivity contribution in [3.05, 3.63) is 34.9 Å². The van der Waals surface area contributed by atoms with Crippen LogP contribution in [0.4, 0.5) is 11.4 Å². The van der Waals surface area contributed by atoms with Gasteiger partial charge in [-0.1, -0.05) is 6.58 Å². The van der Waals surface area contributed by atoms with Crippen molar-refractivity contribution in [2.75, 3.05) is 19.5 Å². The Bertz CT molecular complexity index is 498. The SMILES string of the molecule is C=CC(=O)Nc1cc([N+](=O)[O-])c(OC)cc1OC. The van der Waals surface area contributed by atoms with Crippen molar-refractivity contribution >= 4 is 17.3 Å². The van der Waals surface area contributed by atoms with E-state index >= 15 is 0 Å². The van der Waals surface area contributed by atoms with Crippen LogP contribution in [-0.4, -0.2) is 25.1 Å². The van der Waals surface area contributed by atoms with Gasteiger partial charge in [0.25, 0.3) is 0 Å². The quantitative estimate of drug-likeness (QED) is 0.489. The van der Waals surface area contributed by atoms with E-state index in [2.05, 4.69) is 11.9 Å². The van der Waals surface area contributed by atoms with Crippen molar-refractivity contribution in [2.24, 2.45) is 0 Å². The van der Waals surface area contributed by atoms with Gasteiger partial charge in [-0.15, -0.1) is 0 Å². The molecular formula is C11H12N2O5. The van der Waals surface area contributed by atoms with Gasteiger partial charge in [0.2, 0.25) is 11.7 Å². The number of methoxy groups -OCH3 is 2. The number of nitrogens with one attached hydrogen (secondary N) is 1. The molecule has 96 valence electrons. The first-order valence-corrected chi connectivity index (χ1v) is 4.87. The van der Waals surface area contributed by atoms with Crippen LogP contribution < -0.4 is 14.8 Å². The summed E-state index contributed by atoms with van der Waals surface area (Å²) in [6.45, 7) is 3.29. The fraction of sp³-hybridized carbons (Fsp3) is 0.182. The van der Waals surface area contributed by atoms with Crippen LogP contribution in [0.15, 0.2) is 24.8 Å². The summed E-state index contributed by atoms with van der Waals surface area (Å²) in [5.41, 5.74) is -0.0902. The first-order chi connectivity index (χ1) is 8.53. The predicted octanol–water partition coefficient (Wildman–Crippen LogP) is 1.74. The van der Waals surface area contributed by atoms with E-state index in [1.807, 2.05) is 0 Å². The van der Waals surface area contributed by atoms with Crippen molar-refractivity contribution < 1.29 is 19.2 Å². The molecule has 0 aliphatic carbocycles. The van der Waals surface area contributed by atoms with E-state index in [1.165, 1.54) is 26.4 Å². The molecule has 0 heterocycles.